The summed E-state index contributed by atoms with van der Waals surface area (Å²) in [6.45, 7) is 2.68. The molecule has 1 fully saturated rings. The van der Waals surface area contributed by atoms with E-state index in [1.165, 1.54) is 4.90 Å². The highest BCUT2D eigenvalue weighted by Gasteiger charge is 2.48. The second-order valence-corrected chi connectivity index (χ2v) is 6.82. The molecular weight excluding hydrogens is 356 g/mol. The van der Waals surface area contributed by atoms with Crippen LogP contribution < -0.4 is 14.8 Å². The Hall–Kier alpha value is -2.73. The van der Waals surface area contributed by atoms with Gasteiger partial charge >= 0.3 is 6.03 Å². The lowest BCUT2D eigenvalue weighted by atomic mass is 9.92. The van der Waals surface area contributed by atoms with E-state index in [4.69, 9.17) is 21.1 Å². The smallest absolute Gasteiger partial charge is 0.325 e. The number of hydrogen-bond donors (Lipinski definition) is 1. The number of nitrogens with one attached hydrogen (secondary N) is 1. The number of rotatable bonds is 3. The molecule has 2 aromatic carbocycles. The summed E-state index contributed by atoms with van der Waals surface area (Å²) in [5, 5.41) is 3.19. The maximum Gasteiger partial charge on any atom is 0.325 e. The van der Waals surface area contributed by atoms with Gasteiger partial charge < -0.3 is 14.8 Å². The molecule has 0 unspecified atom stereocenters. The SMILES string of the molecule is C[C@]1(c2ccccc2)NC(=O)N(Cc2cc(Cl)c3c(c2)OCCO3)C1=O. The van der Waals surface area contributed by atoms with Crippen LogP contribution in [0.3, 0.4) is 0 Å². The maximum absolute atomic E-state index is 13.0. The van der Waals surface area contributed by atoms with E-state index < -0.39 is 11.6 Å². The molecule has 2 aliphatic heterocycles. The molecule has 0 saturated carbocycles. The molecule has 2 heterocycles. The molecule has 1 atom stereocenters. The van der Waals surface area contributed by atoms with E-state index in [1.807, 2.05) is 30.3 Å². The van der Waals surface area contributed by atoms with Crippen LogP contribution in [0.5, 0.6) is 11.5 Å². The molecule has 7 heteroatoms. The second-order valence-electron chi connectivity index (χ2n) is 6.41. The van der Waals surface area contributed by atoms with Gasteiger partial charge in [0.2, 0.25) is 0 Å². The van der Waals surface area contributed by atoms with Crippen LogP contribution in [0.2, 0.25) is 5.02 Å². The van der Waals surface area contributed by atoms with Crippen LogP contribution in [0.15, 0.2) is 42.5 Å². The summed E-state index contributed by atoms with van der Waals surface area (Å²) in [4.78, 5) is 26.6. The number of ether oxygens (including phenoxy) is 2. The Labute approximate surface area is 155 Å². The summed E-state index contributed by atoms with van der Waals surface area (Å²) in [5.74, 6) is 0.712. The summed E-state index contributed by atoms with van der Waals surface area (Å²) in [6.07, 6.45) is 0. The molecule has 6 nitrogen and oxygen atoms in total. The van der Waals surface area contributed by atoms with Crippen molar-refractivity contribution < 1.29 is 19.1 Å². The third-order valence-electron chi connectivity index (χ3n) is 4.62. The first kappa shape index (κ1) is 16.7. The molecule has 0 bridgehead atoms. The number of fused-ring (bicyclic) bond motifs is 1. The van der Waals surface area contributed by atoms with E-state index in [2.05, 4.69) is 5.32 Å². The van der Waals surface area contributed by atoms with Crippen LogP contribution >= 0.6 is 11.6 Å². The van der Waals surface area contributed by atoms with Crippen molar-refractivity contribution >= 4 is 23.5 Å². The Kier molecular flexibility index (Phi) is 4.00. The van der Waals surface area contributed by atoms with Crippen LogP contribution in [0.25, 0.3) is 0 Å². The van der Waals surface area contributed by atoms with Crippen LogP contribution in [0, 0.1) is 0 Å². The van der Waals surface area contributed by atoms with Crippen molar-refractivity contribution in [2.75, 3.05) is 13.2 Å². The lowest BCUT2D eigenvalue weighted by Gasteiger charge is -2.23. The number of amides is 3. The Bertz CT molecular complexity index is 887. The van der Waals surface area contributed by atoms with E-state index in [-0.39, 0.29) is 12.5 Å². The molecule has 134 valence electrons. The third-order valence-corrected chi connectivity index (χ3v) is 4.90. The van der Waals surface area contributed by atoms with Crippen LogP contribution in [0.1, 0.15) is 18.1 Å². The Balaban J connectivity index is 1.62. The van der Waals surface area contributed by atoms with Crippen LogP contribution in [-0.2, 0) is 16.9 Å². The van der Waals surface area contributed by atoms with Crippen molar-refractivity contribution in [3.8, 4) is 11.5 Å². The summed E-state index contributed by atoms with van der Waals surface area (Å²) in [5.41, 5.74) is 0.344. The van der Waals surface area contributed by atoms with Gasteiger partial charge in [0.1, 0.15) is 18.8 Å². The highest BCUT2D eigenvalue weighted by molar-refractivity contribution is 6.32. The van der Waals surface area contributed by atoms with Gasteiger partial charge in [-0.3, -0.25) is 9.69 Å². The number of carbonyl (C=O) groups excluding carboxylic acids is 2. The number of urea groups is 1. The molecule has 3 amide bonds. The molecule has 1 saturated heterocycles. The summed E-state index contributed by atoms with van der Waals surface area (Å²) < 4.78 is 11.1. The fraction of sp³-hybridized carbons (Fsp3) is 0.263. The van der Waals surface area contributed by atoms with Gasteiger partial charge in [0.25, 0.3) is 5.91 Å². The highest BCUT2D eigenvalue weighted by Crippen LogP contribution is 2.39. The zero-order valence-electron chi connectivity index (χ0n) is 14.1. The lowest BCUT2D eigenvalue weighted by molar-refractivity contribution is -0.131. The number of hydrogen-bond acceptors (Lipinski definition) is 4. The first-order valence-corrected chi connectivity index (χ1v) is 8.64. The quantitative estimate of drug-likeness (QED) is 0.841. The number of halogens is 1. The minimum Gasteiger partial charge on any atom is -0.486 e. The van der Waals surface area contributed by atoms with E-state index >= 15 is 0 Å². The summed E-state index contributed by atoms with van der Waals surface area (Å²) >= 11 is 6.25. The number of nitrogens with zero attached hydrogens (tertiary/aromatic N) is 1. The Morgan fingerprint density at radius 3 is 2.65 bits per heavy atom. The van der Waals surface area contributed by atoms with Gasteiger partial charge in [0, 0.05) is 0 Å². The summed E-state index contributed by atoms with van der Waals surface area (Å²) in [7, 11) is 0. The molecule has 26 heavy (non-hydrogen) atoms. The normalized spacial score (nSPS) is 21.7. The average Bonchev–Trinajstić information content (AvgIpc) is 2.87. The molecule has 1 N–H and O–H groups in total. The van der Waals surface area contributed by atoms with Crippen molar-refractivity contribution in [1.82, 2.24) is 10.2 Å². The van der Waals surface area contributed by atoms with Gasteiger partial charge in [0.15, 0.2) is 11.5 Å². The Morgan fingerprint density at radius 1 is 1.15 bits per heavy atom. The van der Waals surface area contributed by atoms with Crippen LogP contribution in [0.4, 0.5) is 4.79 Å². The molecule has 0 aliphatic carbocycles. The largest absolute Gasteiger partial charge is 0.486 e. The topological polar surface area (TPSA) is 67.9 Å². The monoisotopic (exact) mass is 372 g/mol. The third kappa shape index (κ3) is 2.66. The van der Waals surface area contributed by atoms with Crippen molar-refractivity contribution in [2.45, 2.75) is 19.0 Å². The first-order valence-electron chi connectivity index (χ1n) is 8.27. The predicted octanol–water partition coefficient (Wildman–Crippen LogP) is 3.08. The van der Waals surface area contributed by atoms with Crippen LogP contribution in [-0.4, -0.2) is 30.1 Å². The fourth-order valence-corrected chi connectivity index (χ4v) is 3.53. The molecule has 2 aromatic rings. The number of imide groups is 1. The Morgan fingerprint density at radius 2 is 1.88 bits per heavy atom. The predicted molar refractivity (Wildman–Crippen MR) is 95.3 cm³/mol. The fourth-order valence-electron chi connectivity index (χ4n) is 3.25. The van der Waals surface area contributed by atoms with Gasteiger partial charge in [-0.05, 0) is 30.2 Å². The van der Waals surface area contributed by atoms with Crippen molar-refractivity contribution in [1.29, 1.82) is 0 Å². The van der Waals surface area contributed by atoms with Gasteiger partial charge in [-0.2, -0.15) is 0 Å². The zero-order valence-corrected chi connectivity index (χ0v) is 14.9. The first-order chi connectivity index (χ1) is 12.5. The van der Waals surface area contributed by atoms with E-state index in [1.54, 1.807) is 19.1 Å². The van der Waals surface area contributed by atoms with Gasteiger partial charge in [0.05, 0.1) is 11.6 Å². The lowest BCUT2D eigenvalue weighted by Crippen LogP contribution is -2.40. The molecule has 0 spiro atoms. The molecule has 2 aliphatic rings. The molecule has 0 aromatic heterocycles. The average molecular weight is 373 g/mol. The van der Waals surface area contributed by atoms with Crippen molar-refractivity contribution in [3.63, 3.8) is 0 Å². The van der Waals surface area contributed by atoms with Crippen molar-refractivity contribution in [3.05, 3.63) is 58.6 Å². The van der Waals surface area contributed by atoms with E-state index in [0.29, 0.717) is 35.3 Å². The summed E-state index contributed by atoms with van der Waals surface area (Å²) in [6, 6.07) is 12.2. The molecule has 4 rings (SSSR count). The minimum absolute atomic E-state index is 0.101. The number of carbonyl (C=O) groups is 2. The maximum atomic E-state index is 13.0. The highest BCUT2D eigenvalue weighted by atomic mass is 35.5. The standard InChI is InChI=1S/C19H17ClN2O4/c1-19(13-5-3-2-4-6-13)17(23)22(18(24)21-19)11-12-9-14(20)16-15(10-12)25-7-8-26-16/h2-6,9-10H,7-8,11H2,1H3,(H,21,24)/t19-/m1/s1. The van der Waals surface area contributed by atoms with Gasteiger partial charge in [-0.15, -0.1) is 0 Å². The minimum atomic E-state index is -1.09. The molecule has 0 radical (unpaired) electrons. The van der Waals surface area contributed by atoms with Gasteiger partial charge in [-0.1, -0.05) is 41.9 Å². The van der Waals surface area contributed by atoms with E-state index in [0.717, 1.165) is 5.56 Å². The van der Waals surface area contributed by atoms with Crippen molar-refractivity contribution in [2.24, 2.45) is 0 Å². The van der Waals surface area contributed by atoms with Gasteiger partial charge in [-0.25, -0.2) is 4.79 Å². The number of benzene rings is 2. The zero-order chi connectivity index (χ0) is 18.3. The van der Waals surface area contributed by atoms with E-state index in [9.17, 15) is 9.59 Å². The second kappa shape index (κ2) is 6.21. The molecular formula is C19H17ClN2O4.